The average molecular weight is 259 g/mol. The zero-order valence-electron chi connectivity index (χ0n) is 11.1. The number of carbonyl (C=O) groups is 1. The summed E-state index contributed by atoms with van der Waals surface area (Å²) in [6.07, 6.45) is 4.90. The van der Waals surface area contributed by atoms with Crippen LogP contribution >= 0.6 is 0 Å². The van der Waals surface area contributed by atoms with Gasteiger partial charge >= 0.3 is 5.97 Å². The first-order chi connectivity index (χ1) is 9.18. The maximum Gasteiger partial charge on any atom is 0.323 e. The number of hydrogen-bond acceptors (Lipinski definition) is 2. The molecule has 0 saturated heterocycles. The maximum absolute atomic E-state index is 11.5. The summed E-state index contributed by atoms with van der Waals surface area (Å²) in [5.41, 5.74) is 0.560. The van der Waals surface area contributed by atoms with Crippen LogP contribution in [0.15, 0.2) is 43.0 Å². The quantitative estimate of drug-likeness (QED) is 0.799. The predicted octanol–water partition coefficient (Wildman–Crippen LogP) is 2.94. The fourth-order valence-corrected chi connectivity index (χ4v) is 2.90. The Labute approximate surface area is 114 Å². The summed E-state index contributed by atoms with van der Waals surface area (Å²) in [6, 6.07) is 10.4. The molecule has 0 radical (unpaired) electrons. The molecule has 1 aliphatic carbocycles. The van der Waals surface area contributed by atoms with Crippen LogP contribution in [-0.4, -0.2) is 23.2 Å². The van der Waals surface area contributed by atoms with Crippen molar-refractivity contribution in [3.8, 4) is 0 Å². The Balaban J connectivity index is 2.03. The van der Waals surface area contributed by atoms with Crippen molar-refractivity contribution in [3.63, 3.8) is 0 Å². The second kappa shape index (κ2) is 6.02. The first kappa shape index (κ1) is 13.8. The van der Waals surface area contributed by atoms with E-state index in [9.17, 15) is 9.90 Å². The number of aliphatic carboxylic acids is 1. The van der Waals surface area contributed by atoms with E-state index in [1.165, 1.54) is 5.56 Å². The van der Waals surface area contributed by atoms with Crippen molar-refractivity contribution in [2.75, 3.05) is 6.54 Å². The summed E-state index contributed by atoms with van der Waals surface area (Å²) in [5.74, 6) is -0.250. The summed E-state index contributed by atoms with van der Waals surface area (Å²) < 4.78 is 0. The van der Waals surface area contributed by atoms with E-state index < -0.39 is 11.5 Å². The summed E-state index contributed by atoms with van der Waals surface area (Å²) >= 11 is 0. The topological polar surface area (TPSA) is 49.3 Å². The van der Waals surface area contributed by atoms with Crippen molar-refractivity contribution in [3.05, 3.63) is 48.6 Å². The first-order valence-corrected chi connectivity index (χ1v) is 6.82. The van der Waals surface area contributed by atoms with E-state index in [1.807, 2.05) is 18.2 Å². The lowest BCUT2D eigenvalue weighted by Gasteiger charge is -2.37. The van der Waals surface area contributed by atoms with E-state index in [-0.39, 0.29) is 0 Å². The van der Waals surface area contributed by atoms with Crippen LogP contribution in [0.5, 0.6) is 0 Å². The highest BCUT2D eigenvalue weighted by atomic mass is 16.4. The molecule has 0 aliphatic heterocycles. The monoisotopic (exact) mass is 259 g/mol. The molecule has 0 unspecified atom stereocenters. The summed E-state index contributed by atoms with van der Waals surface area (Å²) in [7, 11) is 0. The normalized spacial score (nSPS) is 26.8. The molecule has 1 fully saturated rings. The fourth-order valence-electron chi connectivity index (χ4n) is 2.90. The van der Waals surface area contributed by atoms with Crippen LogP contribution < -0.4 is 5.32 Å². The van der Waals surface area contributed by atoms with Crippen molar-refractivity contribution in [2.24, 2.45) is 0 Å². The fraction of sp³-hybridized carbons (Fsp3) is 0.438. The molecule has 0 spiro atoms. The van der Waals surface area contributed by atoms with Crippen molar-refractivity contribution >= 4 is 5.97 Å². The minimum absolute atomic E-state index is 0.485. The molecule has 1 aromatic rings. The molecule has 0 bridgehead atoms. The number of hydrogen-bond donors (Lipinski definition) is 2. The van der Waals surface area contributed by atoms with E-state index in [1.54, 1.807) is 6.08 Å². The van der Waals surface area contributed by atoms with Gasteiger partial charge in [-0.1, -0.05) is 36.4 Å². The van der Waals surface area contributed by atoms with Gasteiger partial charge in [0.05, 0.1) is 0 Å². The summed E-state index contributed by atoms with van der Waals surface area (Å²) in [6.45, 7) is 4.19. The Bertz CT molecular complexity index is 433. The van der Waals surface area contributed by atoms with Crippen LogP contribution in [0, 0.1) is 0 Å². The van der Waals surface area contributed by atoms with Crippen LogP contribution in [0.1, 0.15) is 37.2 Å². The van der Waals surface area contributed by atoms with E-state index in [2.05, 4.69) is 24.0 Å². The molecule has 2 rings (SSSR count). The molecule has 3 nitrogen and oxygen atoms in total. The van der Waals surface area contributed by atoms with Gasteiger partial charge < -0.3 is 5.11 Å². The molecular formula is C16H21NO2. The zero-order chi connectivity index (χ0) is 13.7. The lowest BCUT2D eigenvalue weighted by molar-refractivity contribution is -0.146. The van der Waals surface area contributed by atoms with Crippen molar-refractivity contribution < 1.29 is 9.90 Å². The molecule has 0 heterocycles. The third kappa shape index (κ3) is 3.04. The van der Waals surface area contributed by atoms with Crippen molar-refractivity contribution in [1.29, 1.82) is 0 Å². The third-order valence-corrected chi connectivity index (χ3v) is 4.10. The lowest BCUT2D eigenvalue weighted by Crippen LogP contribution is -2.54. The largest absolute Gasteiger partial charge is 0.480 e. The van der Waals surface area contributed by atoms with Gasteiger partial charge in [0.1, 0.15) is 5.54 Å². The molecule has 1 aliphatic rings. The van der Waals surface area contributed by atoms with E-state index in [0.717, 1.165) is 12.8 Å². The highest BCUT2D eigenvalue weighted by Crippen LogP contribution is 2.38. The van der Waals surface area contributed by atoms with Gasteiger partial charge in [-0.25, -0.2) is 0 Å². The van der Waals surface area contributed by atoms with Crippen LogP contribution in [0.2, 0.25) is 0 Å². The number of carboxylic acids is 1. The molecule has 3 heteroatoms. The van der Waals surface area contributed by atoms with Crippen LogP contribution in [-0.2, 0) is 4.79 Å². The maximum atomic E-state index is 11.5. The zero-order valence-corrected chi connectivity index (χ0v) is 11.1. The minimum atomic E-state index is -0.764. The molecular weight excluding hydrogens is 238 g/mol. The van der Waals surface area contributed by atoms with Crippen LogP contribution in [0.3, 0.4) is 0 Å². The van der Waals surface area contributed by atoms with E-state index >= 15 is 0 Å². The van der Waals surface area contributed by atoms with Gasteiger partial charge in [-0.3, -0.25) is 10.1 Å². The predicted molar refractivity (Wildman–Crippen MR) is 76.2 cm³/mol. The Morgan fingerprint density at radius 3 is 2.53 bits per heavy atom. The molecule has 0 aromatic heterocycles. The standard InChI is InChI=1S/C16H21NO2/c1-2-12-17-16(15(18)19)10-8-14(9-11-16)13-6-4-3-5-7-13/h2-7,14,17H,1,8-12H2,(H,18,19). The van der Waals surface area contributed by atoms with Gasteiger partial charge in [-0.05, 0) is 37.2 Å². The smallest absolute Gasteiger partial charge is 0.323 e. The van der Waals surface area contributed by atoms with Crippen LogP contribution in [0.4, 0.5) is 0 Å². The average Bonchev–Trinajstić information content (AvgIpc) is 2.46. The Morgan fingerprint density at radius 2 is 2.00 bits per heavy atom. The van der Waals surface area contributed by atoms with E-state index in [0.29, 0.717) is 25.3 Å². The van der Waals surface area contributed by atoms with Crippen LogP contribution in [0.25, 0.3) is 0 Å². The Kier molecular flexibility index (Phi) is 4.38. The molecule has 2 N–H and O–H groups in total. The number of nitrogens with one attached hydrogen (secondary N) is 1. The second-order valence-electron chi connectivity index (χ2n) is 5.24. The molecule has 19 heavy (non-hydrogen) atoms. The minimum Gasteiger partial charge on any atom is -0.480 e. The highest BCUT2D eigenvalue weighted by Gasteiger charge is 2.41. The Morgan fingerprint density at radius 1 is 1.37 bits per heavy atom. The third-order valence-electron chi connectivity index (χ3n) is 4.10. The molecule has 102 valence electrons. The molecule has 1 aromatic carbocycles. The van der Waals surface area contributed by atoms with Crippen molar-refractivity contribution in [2.45, 2.75) is 37.1 Å². The first-order valence-electron chi connectivity index (χ1n) is 6.82. The number of carboxylic acid groups (broad SMARTS) is 1. The Hall–Kier alpha value is -1.61. The van der Waals surface area contributed by atoms with Gasteiger partial charge in [-0.2, -0.15) is 0 Å². The molecule has 0 atom stereocenters. The second-order valence-corrected chi connectivity index (χ2v) is 5.24. The molecule has 0 amide bonds. The lowest BCUT2D eigenvalue weighted by atomic mass is 9.74. The molecule has 1 saturated carbocycles. The van der Waals surface area contributed by atoms with E-state index in [4.69, 9.17) is 0 Å². The summed E-state index contributed by atoms with van der Waals surface area (Å²) in [4.78, 5) is 11.5. The van der Waals surface area contributed by atoms with Gasteiger partial charge in [0, 0.05) is 6.54 Å². The SMILES string of the molecule is C=CCNC1(C(=O)O)CCC(c2ccccc2)CC1. The van der Waals surface area contributed by atoms with Gasteiger partial charge in [0.2, 0.25) is 0 Å². The van der Waals surface area contributed by atoms with Gasteiger partial charge in [0.25, 0.3) is 0 Å². The number of benzene rings is 1. The van der Waals surface area contributed by atoms with Gasteiger partial charge in [-0.15, -0.1) is 6.58 Å². The van der Waals surface area contributed by atoms with Gasteiger partial charge in [0.15, 0.2) is 0 Å². The van der Waals surface area contributed by atoms with Crippen molar-refractivity contribution in [1.82, 2.24) is 5.32 Å². The summed E-state index contributed by atoms with van der Waals surface area (Å²) in [5, 5.41) is 12.6. The highest BCUT2D eigenvalue weighted by molar-refractivity contribution is 5.79. The number of rotatable bonds is 5.